The van der Waals surface area contributed by atoms with E-state index in [0.29, 0.717) is 0 Å². The van der Waals surface area contributed by atoms with Crippen molar-refractivity contribution in [3.05, 3.63) is 104 Å². The molecule has 2 aromatic rings. The minimum Gasteiger partial charge on any atom is -0.337 e. The number of aromatic amines is 1. The first-order valence-corrected chi connectivity index (χ1v) is 11.3. The van der Waals surface area contributed by atoms with Gasteiger partial charge in [-0.2, -0.15) is 0 Å². The summed E-state index contributed by atoms with van der Waals surface area (Å²) >= 11 is 0. The number of H-pyrrole nitrogens is 1. The van der Waals surface area contributed by atoms with Crippen molar-refractivity contribution in [2.45, 2.75) is 55.4 Å². The van der Waals surface area contributed by atoms with Crippen molar-refractivity contribution in [2.75, 3.05) is 0 Å². The first-order chi connectivity index (χ1) is 15.2. The van der Waals surface area contributed by atoms with Gasteiger partial charge in [0.15, 0.2) is 0 Å². The summed E-state index contributed by atoms with van der Waals surface area (Å²) in [6.45, 7) is 23.7. The van der Waals surface area contributed by atoms with Crippen LogP contribution in [0.2, 0.25) is 0 Å². The second kappa shape index (κ2) is 20.2. The van der Waals surface area contributed by atoms with Gasteiger partial charge in [-0.1, -0.05) is 134 Å². The molecule has 31 heavy (non-hydrogen) atoms. The molecular weight excluding hydrogens is 376 g/mol. The minimum atomic E-state index is 0.793. The summed E-state index contributed by atoms with van der Waals surface area (Å²) in [7, 11) is 0. The minimum absolute atomic E-state index is 0.793. The Morgan fingerprint density at radius 2 is 1.45 bits per heavy atom. The van der Waals surface area contributed by atoms with E-state index in [9.17, 15) is 0 Å². The van der Waals surface area contributed by atoms with Gasteiger partial charge < -0.3 is 4.98 Å². The van der Waals surface area contributed by atoms with E-state index < -0.39 is 0 Å². The number of imidazole rings is 1. The molecule has 0 spiro atoms. The summed E-state index contributed by atoms with van der Waals surface area (Å²) in [5, 5.41) is 0. The van der Waals surface area contributed by atoms with Crippen LogP contribution in [0.5, 0.6) is 0 Å². The molecule has 1 N–H and O–H groups in total. The molecule has 2 rings (SSSR count). The first-order valence-electron chi connectivity index (χ1n) is 11.3. The Morgan fingerprint density at radius 3 is 1.94 bits per heavy atom. The standard InChI is InChI=1S/C23H24N2.3C2H6/c1-5-9-15-18(8-4)23-24-21(19(13-6-2)14-7-3)22(25-23)20-16-11-10-12-17-20;3*1-2/h5-17H,2,4H2,1,3H3,(H,24,25);3*1-2H3/b9-5-,14-7-,18-15+,19-13+;;;. The number of benzene rings is 1. The maximum absolute atomic E-state index is 4.85. The van der Waals surface area contributed by atoms with Crippen LogP contribution in [0.25, 0.3) is 22.4 Å². The van der Waals surface area contributed by atoms with Crippen molar-refractivity contribution < 1.29 is 0 Å². The van der Waals surface area contributed by atoms with Gasteiger partial charge in [-0.3, -0.25) is 0 Å². The molecule has 1 aromatic carbocycles. The monoisotopic (exact) mass is 418 g/mol. The van der Waals surface area contributed by atoms with Crippen LogP contribution in [0.3, 0.4) is 0 Å². The summed E-state index contributed by atoms with van der Waals surface area (Å²) in [5.74, 6) is 0.793. The number of hydrogen-bond acceptors (Lipinski definition) is 1. The van der Waals surface area contributed by atoms with E-state index in [-0.39, 0.29) is 0 Å². The van der Waals surface area contributed by atoms with E-state index >= 15 is 0 Å². The van der Waals surface area contributed by atoms with Crippen LogP contribution in [0, 0.1) is 0 Å². The summed E-state index contributed by atoms with van der Waals surface area (Å²) in [6, 6.07) is 10.2. The van der Waals surface area contributed by atoms with Gasteiger partial charge in [-0.25, -0.2) is 4.98 Å². The lowest BCUT2D eigenvalue weighted by Crippen LogP contribution is -1.87. The molecule has 0 amide bonds. The second-order valence-corrected chi connectivity index (χ2v) is 5.38. The van der Waals surface area contributed by atoms with Crippen molar-refractivity contribution in [3.63, 3.8) is 0 Å². The van der Waals surface area contributed by atoms with Gasteiger partial charge >= 0.3 is 0 Å². The maximum atomic E-state index is 4.85. The summed E-state index contributed by atoms with van der Waals surface area (Å²) in [6.07, 6.45) is 15.6. The highest BCUT2D eigenvalue weighted by Gasteiger charge is 2.15. The molecule has 0 aliphatic heterocycles. The Bertz CT molecular complexity index is 844. The molecule has 0 saturated heterocycles. The number of nitrogens with zero attached hydrogens (tertiary/aromatic N) is 1. The highest BCUT2D eigenvalue weighted by Crippen LogP contribution is 2.30. The summed E-state index contributed by atoms with van der Waals surface area (Å²) < 4.78 is 0. The molecule has 2 nitrogen and oxygen atoms in total. The fourth-order valence-corrected chi connectivity index (χ4v) is 2.50. The fourth-order valence-electron chi connectivity index (χ4n) is 2.50. The van der Waals surface area contributed by atoms with Gasteiger partial charge in [0.25, 0.3) is 0 Å². The lowest BCUT2D eigenvalue weighted by molar-refractivity contribution is 1.24. The molecule has 0 atom stereocenters. The summed E-state index contributed by atoms with van der Waals surface area (Å²) in [5.41, 5.74) is 4.92. The third-order valence-electron chi connectivity index (χ3n) is 3.64. The zero-order valence-electron chi connectivity index (χ0n) is 20.9. The zero-order chi connectivity index (χ0) is 24.1. The number of allylic oxidation sites excluding steroid dienone is 10. The van der Waals surface area contributed by atoms with Crippen molar-refractivity contribution in [1.29, 1.82) is 0 Å². The van der Waals surface area contributed by atoms with Crippen LogP contribution >= 0.6 is 0 Å². The number of nitrogens with one attached hydrogen (secondary N) is 1. The largest absolute Gasteiger partial charge is 0.337 e. The molecule has 0 aliphatic rings. The average molecular weight is 419 g/mol. The molecule has 1 aromatic heterocycles. The van der Waals surface area contributed by atoms with Crippen LogP contribution in [0.15, 0.2) is 92.1 Å². The lowest BCUT2D eigenvalue weighted by atomic mass is 10.0. The number of rotatable bonds is 7. The Morgan fingerprint density at radius 1 is 0.839 bits per heavy atom. The van der Waals surface area contributed by atoms with Crippen molar-refractivity contribution in [3.8, 4) is 11.3 Å². The Hall–Kier alpha value is -3.13. The molecule has 0 bridgehead atoms. The zero-order valence-corrected chi connectivity index (χ0v) is 20.9. The van der Waals surface area contributed by atoms with Crippen LogP contribution < -0.4 is 0 Å². The van der Waals surface area contributed by atoms with Gasteiger partial charge in [0.1, 0.15) is 5.82 Å². The fraction of sp³-hybridized carbons (Fsp3) is 0.276. The van der Waals surface area contributed by atoms with Crippen LogP contribution in [-0.4, -0.2) is 9.97 Å². The Kier molecular flexibility index (Phi) is 19.5. The van der Waals surface area contributed by atoms with Crippen molar-refractivity contribution in [1.82, 2.24) is 9.97 Å². The molecule has 0 saturated carbocycles. The van der Waals surface area contributed by atoms with E-state index in [1.807, 2.05) is 116 Å². The predicted molar refractivity (Wildman–Crippen MR) is 144 cm³/mol. The number of hydrogen-bond donors (Lipinski definition) is 1. The highest BCUT2D eigenvalue weighted by molar-refractivity contribution is 5.85. The first kappa shape index (κ1) is 30.1. The van der Waals surface area contributed by atoms with Gasteiger partial charge in [0, 0.05) is 16.7 Å². The van der Waals surface area contributed by atoms with E-state index in [1.54, 1.807) is 6.08 Å². The van der Waals surface area contributed by atoms with E-state index in [4.69, 9.17) is 4.98 Å². The van der Waals surface area contributed by atoms with Gasteiger partial charge in [0.05, 0.1) is 11.4 Å². The third kappa shape index (κ3) is 9.95. The third-order valence-corrected chi connectivity index (χ3v) is 3.64. The Balaban J connectivity index is 0. The molecule has 0 radical (unpaired) electrons. The predicted octanol–water partition coefficient (Wildman–Crippen LogP) is 9.45. The molecule has 2 heteroatoms. The Labute approximate surface area is 191 Å². The van der Waals surface area contributed by atoms with E-state index in [2.05, 4.69) is 30.3 Å². The molecule has 0 unspecified atom stereocenters. The maximum Gasteiger partial charge on any atom is 0.138 e. The van der Waals surface area contributed by atoms with Gasteiger partial charge in [0.2, 0.25) is 0 Å². The highest BCUT2D eigenvalue weighted by atomic mass is 14.9. The molecule has 1 heterocycles. The summed E-state index contributed by atoms with van der Waals surface area (Å²) in [4.78, 5) is 8.31. The van der Waals surface area contributed by atoms with Gasteiger partial charge in [-0.15, -0.1) is 0 Å². The molecule has 168 valence electrons. The smallest absolute Gasteiger partial charge is 0.138 e. The van der Waals surface area contributed by atoms with Crippen molar-refractivity contribution >= 4 is 11.1 Å². The van der Waals surface area contributed by atoms with Gasteiger partial charge in [-0.05, 0) is 13.8 Å². The van der Waals surface area contributed by atoms with E-state index in [1.165, 1.54) is 0 Å². The second-order valence-electron chi connectivity index (χ2n) is 5.38. The van der Waals surface area contributed by atoms with Crippen LogP contribution in [0.1, 0.15) is 66.9 Å². The lowest BCUT2D eigenvalue weighted by Gasteiger charge is -2.03. The van der Waals surface area contributed by atoms with E-state index in [0.717, 1.165) is 33.9 Å². The quantitative estimate of drug-likeness (QED) is 0.446. The van der Waals surface area contributed by atoms with Crippen LogP contribution in [-0.2, 0) is 0 Å². The molecular formula is C29H42N2. The normalized spacial score (nSPS) is 11.0. The van der Waals surface area contributed by atoms with Crippen molar-refractivity contribution in [2.24, 2.45) is 0 Å². The van der Waals surface area contributed by atoms with Crippen LogP contribution in [0.4, 0.5) is 0 Å². The number of aromatic nitrogens is 2. The molecule has 0 aliphatic carbocycles. The average Bonchev–Trinajstić information content (AvgIpc) is 3.29. The molecule has 0 fully saturated rings. The SMILES string of the molecule is C=C/C=C(\C=C/C)c1nc(/C(C=C)=C/C=C\C)[nH]c1-c1ccccc1.CC.CC.CC. The topological polar surface area (TPSA) is 28.7 Å².